The highest BCUT2D eigenvalue weighted by atomic mass is 16.3. The molecule has 0 saturated carbocycles. The van der Waals surface area contributed by atoms with Crippen molar-refractivity contribution in [3.05, 3.63) is 23.8 Å². The van der Waals surface area contributed by atoms with Crippen molar-refractivity contribution >= 4 is 5.69 Å². The number of likely N-dealkylation sites (tertiary alicyclic amines) is 1. The first-order chi connectivity index (χ1) is 10.8. The number of phenolic OH excluding ortho intramolecular Hbond substituents is 1. The van der Waals surface area contributed by atoms with Gasteiger partial charge in [0, 0.05) is 24.3 Å². The van der Waals surface area contributed by atoms with Crippen LogP contribution in [0.1, 0.15) is 57.1 Å². The van der Waals surface area contributed by atoms with Crippen LogP contribution < -0.4 is 11.1 Å². The molecule has 1 aliphatic rings. The minimum atomic E-state index is 0.327. The third-order valence-electron chi connectivity index (χ3n) is 4.51. The fourth-order valence-electron chi connectivity index (χ4n) is 3.31. The molecule has 1 aliphatic heterocycles. The van der Waals surface area contributed by atoms with E-state index in [2.05, 4.69) is 23.2 Å². The van der Waals surface area contributed by atoms with Gasteiger partial charge >= 0.3 is 0 Å². The van der Waals surface area contributed by atoms with E-state index in [1.54, 1.807) is 6.07 Å². The number of nitrogens with zero attached hydrogens (tertiary/aromatic N) is 1. The first-order valence-electron chi connectivity index (χ1n) is 8.77. The Hall–Kier alpha value is -1.26. The Balaban J connectivity index is 2.20. The molecule has 1 fully saturated rings. The van der Waals surface area contributed by atoms with E-state index in [1.807, 2.05) is 6.07 Å². The predicted octanol–water partition coefficient (Wildman–Crippen LogP) is 3.48. The zero-order valence-corrected chi connectivity index (χ0v) is 13.9. The molecule has 22 heavy (non-hydrogen) atoms. The largest absolute Gasteiger partial charge is 0.508 e. The smallest absolute Gasteiger partial charge is 0.117 e. The van der Waals surface area contributed by atoms with Crippen LogP contribution in [-0.2, 0) is 0 Å². The fraction of sp³-hybridized carbons (Fsp3) is 0.667. The van der Waals surface area contributed by atoms with Gasteiger partial charge in [-0.1, -0.05) is 25.8 Å². The van der Waals surface area contributed by atoms with Gasteiger partial charge in [0.05, 0.1) is 0 Å². The Labute approximate surface area is 134 Å². The van der Waals surface area contributed by atoms with Crippen molar-refractivity contribution in [2.75, 3.05) is 31.5 Å². The summed E-state index contributed by atoms with van der Waals surface area (Å²) in [6, 6.07) is 6.08. The standard InChI is InChI=1S/C18H31N3O/c1-2-3-11-20-17-14-15(22)7-8-16(17)18(9-10-19)21-12-5-4-6-13-21/h7-8,14,18,20,22H,2-6,9-13,19H2,1H3. The van der Waals surface area contributed by atoms with Crippen LogP contribution in [0.15, 0.2) is 18.2 Å². The van der Waals surface area contributed by atoms with Gasteiger partial charge in [-0.2, -0.15) is 0 Å². The zero-order chi connectivity index (χ0) is 15.8. The second kappa shape index (κ2) is 9.01. The summed E-state index contributed by atoms with van der Waals surface area (Å²) in [5.41, 5.74) is 8.22. The Morgan fingerprint density at radius 3 is 2.73 bits per heavy atom. The number of aromatic hydroxyl groups is 1. The number of benzene rings is 1. The molecule has 1 saturated heterocycles. The topological polar surface area (TPSA) is 61.5 Å². The Morgan fingerprint density at radius 1 is 1.27 bits per heavy atom. The molecule has 1 unspecified atom stereocenters. The second-order valence-electron chi connectivity index (χ2n) is 6.24. The van der Waals surface area contributed by atoms with Gasteiger partial charge < -0.3 is 16.2 Å². The minimum Gasteiger partial charge on any atom is -0.508 e. The summed E-state index contributed by atoms with van der Waals surface area (Å²) in [7, 11) is 0. The monoisotopic (exact) mass is 305 g/mol. The third kappa shape index (κ3) is 4.62. The van der Waals surface area contributed by atoms with E-state index >= 15 is 0 Å². The van der Waals surface area contributed by atoms with Crippen molar-refractivity contribution in [3.8, 4) is 5.75 Å². The number of rotatable bonds is 8. The van der Waals surface area contributed by atoms with E-state index < -0.39 is 0 Å². The number of nitrogens with one attached hydrogen (secondary N) is 1. The van der Waals surface area contributed by atoms with E-state index in [4.69, 9.17) is 5.73 Å². The van der Waals surface area contributed by atoms with Crippen LogP contribution in [0.5, 0.6) is 5.75 Å². The molecule has 0 radical (unpaired) electrons. The number of nitrogens with two attached hydrogens (primary N) is 1. The lowest BCUT2D eigenvalue weighted by Crippen LogP contribution is -2.35. The highest BCUT2D eigenvalue weighted by Gasteiger charge is 2.23. The molecular weight excluding hydrogens is 274 g/mol. The molecular formula is C18H31N3O. The maximum Gasteiger partial charge on any atom is 0.117 e. The Morgan fingerprint density at radius 2 is 2.05 bits per heavy atom. The molecule has 0 amide bonds. The van der Waals surface area contributed by atoms with Crippen molar-refractivity contribution in [2.24, 2.45) is 5.73 Å². The van der Waals surface area contributed by atoms with Crippen LogP contribution in [-0.4, -0.2) is 36.2 Å². The number of phenols is 1. The Bertz CT molecular complexity index is 444. The average Bonchev–Trinajstić information content (AvgIpc) is 2.54. The lowest BCUT2D eigenvalue weighted by molar-refractivity contribution is 0.157. The van der Waals surface area contributed by atoms with Gasteiger partial charge in [-0.25, -0.2) is 0 Å². The summed E-state index contributed by atoms with van der Waals surface area (Å²) < 4.78 is 0. The second-order valence-corrected chi connectivity index (χ2v) is 6.24. The molecule has 2 rings (SSSR count). The molecule has 1 atom stereocenters. The van der Waals surface area contributed by atoms with E-state index in [0.29, 0.717) is 18.3 Å². The quantitative estimate of drug-likeness (QED) is 0.644. The molecule has 4 heteroatoms. The summed E-state index contributed by atoms with van der Waals surface area (Å²) in [6.07, 6.45) is 7.16. The van der Waals surface area contributed by atoms with E-state index in [-0.39, 0.29) is 0 Å². The number of hydrogen-bond acceptors (Lipinski definition) is 4. The molecule has 0 aromatic heterocycles. The molecule has 1 aromatic carbocycles. The molecule has 1 aromatic rings. The Kier molecular flexibility index (Phi) is 7.00. The van der Waals surface area contributed by atoms with Crippen LogP contribution in [0.25, 0.3) is 0 Å². The lowest BCUT2D eigenvalue weighted by atomic mass is 9.97. The number of unbranched alkanes of at least 4 members (excludes halogenated alkanes) is 1. The summed E-state index contributed by atoms with van der Waals surface area (Å²) in [5.74, 6) is 0.327. The van der Waals surface area contributed by atoms with E-state index in [1.165, 1.54) is 31.2 Å². The van der Waals surface area contributed by atoms with Crippen LogP contribution >= 0.6 is 0 Å². The van der Waals surface area contributed by atoms with Gasteiger partial charge in [0.2, 0.25) is 0 Å². The van der Waals surface area contributed by atoms with Crippen LogP contribution in [0.4, 0.5) is 5.69 Å². The molecule has 4 N–H and O–H groups in total. The van der Waals surface area contributed by atoms with Crippen LogP contribution in [0.3, 0.4) is 0 Å². The predicted molar refractivity (Wildman–Crippen MR) is 93.3 cm³/mol. The number of anilines is 1. The summed E-state index contributed by atoms with van der Waals surface area (Å²) >= 11 is 0. The summed E-state index contributed by atoms with van der Waals surface area (Å²) in [5, 5.41) is 13.3. The average molecular weight is 305 g/mol. The molecule has 124 valence electrons. The van der Waals surface area contributed by atoms with Crippen molar-refractivity contribution in [3.63, 3.8) is 0 Å². The molecule has 1 heterocycles. The zero-order valence-electron chi connectivity index (χ0n) is 13.9. The van der Waals surface area contributed by atoms with Gasteiger partial charge in [-0.3, -0.25) is 4.90 Å². The SMILES string of the molecule is CCCCNc1cc(O)ccc1C(CCN)N1CCCCC1. The molecule has 0 bridgehead atoms. The maximum atomic E-state index is 9.84. The molecule has 0 aliphatic carbocycles. The summed E-state index contributed by atoms with van der Waals surface area (Å²) in [6.45, 7) is 6.13. The fourth-order valence-corrected chi connectivity index (χ4v) is 3.31. The van der Waals surface area contributed by atoms with Crippen molar-refractivity contribution in [1.82, 2.24) is 4.90 Å². The summed E-state index contributed by atoms with van der Waals surface area (Å²) in [4.78, 5) is 2.56. The first-order valence-corrected chi connectivity index (χ1v) is 8.77. The third-order valence-corrected chi connectivity index (χ3v) is 4.51. The normalized spacial score (nSPS) is 17.4. The van der Waals surface area contributed by atoms with Crippen molar-refractivity contribution < 1.29 is 5.11 Å². The van der Waals surface area contributed by atoms with E-state index in [9.17, 15) is 5.11 Å². The van der Waals surface area contributed by atoms with Gasteiger partial charge in [-0.15, -0.1) is 0 Å². The first kappa shape index (κ1) is 17.1. The van der Waals surface area contributed by atoms with Crippen molar-refractivity contribution in [2.45, 2.75) is 51.5 Å². The van der Waals surface area contributed by atoms with Crippen LogP contribution in [0, 0.1) is 0 Å². The number of piperidine rings is 1. The highest BCUT2D eigenvalue weighted by Crippen LogP contribution is 2.34. The van der Waals surface area contributed by atoms with Gasteiger partial charge in [0.25, 0.3) is 0 Å². The maximum absolute atomic E-state index is 9.84. The van der Waals surface area contributed by atoms with Gasteiger partial charge in [0.1, 0.15) is 5.75 Å². The van der Waals surface area contributed by atoms with Crippen molar-refractivity contribution in [1.29, 1.82) is 0 Å². The van der Waals surface area contributed by atoms with Gasteiger partial charge in [0.15, 0.2) is 0 Å². The number of hydrogen-bond donors (Lipinski definition) is 3. The van der Waals surface area contributed by atoms with E-state index in [0.717, 1.165) is 38.2 Å². The molecule has 4 nitrogen and oxygen atoms in total. The molecule has 0 spiro atoms. The van der Waals surface area contributed by atoms with Crippen LogP contribution in [0.2, 0.25) is 0 Å². The highest BCUT2D eigenvalue weighted by molar-refractivity contribution is 5.56. The minimum absolute atomic E-state index is 0.327. The lowest BCUT2D eigenvalue weighted by Gasteiger charge is -2.35. The van der Waals surface area contributed by atoms with Gasteiger partial charge in [-0.05, 0) is 56.9 Å².